The number of allylic oxidation sites excluding steroid dienone is 8. The molecule has 0 heterocycles. The Balaban J connectivity index is 0.00000133. The molecule has 3 rings (SSSR count). The van der Waals surface area contributed by atoms with E-state index in [9.17, 15) is 0 Å². The van der Waals surface area contributed by atoms with Crippen molar-refractivity contribution in [1.82, 2.24) is 0 Å². The second-order valence-electron chi connectivity index (χ2n) is 4.76. The molecule has 0 spiro atoms. The Labute approximate surface area is 136 Å². The Morgan fingerprint density at radius 3 is 1.79 bits per heavy atom. The molecule has 0 aromatic heterocycles. The van der Waals surface area contributed by atoms with E-state index >= 15 is 0 Å². The third kappa shape index (κ3) is 2.64. The zero-order valence-corrected chi connectivity index (χ0v) is 13.9. The second kappa shape index (κ2) is 6.20. The van der Waals surface area contributed by atoms with Gasteiger partial charge in [-0.3, -0.25) is 0 Å². The summed E-state index contributed by atoms with van der Waals surface area (Å²) in [5.74, 6) is 0. The molecule has 0 aliphatic heterocycles. The summed E-state index contributed by atoms with van der Waals surface area (Å²) in [6, 6.07) is 10.9. The topological polar surface area (TPSA) is 0 Å². The Kier molecular flexibility index (Phi) is 4.82. The molecular formula is C17H16ClZr. The molecule has 19 heavy (non-hydrogen) atoms. The number of benzene rings is 1. The van der Waals surface area contributed by atoms with Gasteiger partial charge in [-0.2, -0.15) is 0 Å². The van der Waals surface area contributed by atoms with Crippen LogP contribution in [0.4, 0.5) is 0 Å². The van der Waals surface area contributed by atoms with E-state index in [1.807, 2.05) is 0 Å². The van der Waals surface area contributed by atoms with Crippen LogP contribution in [0.5, 0.6) is 0 Å². The molecule has 1 aromatic carbocycles. The average molecular weight is 347 g/mol. The van der Waals surface area contributed by atoms with Gasteiger partial charge in [0.15, 0.2) is 0 Å². The monoisotopic (exact) mass is 345 g/mol. The van der Waals surface area contributed by atoms with E-state index in [1.165, 1.54) is 5.56 Å². The summed E-state index contributed by atoms with van der Waals surface area (Å²) in [4.78, 5) is 0. The SMILES string of the molecule is Cl.[Zr][C](C1=CC=CC1)(C1=CC=CC1)c1ccccc1. The van der Waals surface area contributed by atoms with Crippen molar-refractivity contribution in [2.24, 2.45) is 0 Å². The molecule has 0 N–H and O–H groups in total. The van der Waals surface area contributed by atoms with E-state index in [0.717, 1.165) is 12.8 Å². The normalized spacial score (nSPS) is 17.0. The van der Waals surface area contributed by atoms with Crippen LogP contribution in [-0.2, 0) is 27.8 Å². The molecule has 0 bridgehead atoms. The predicted octanol–water partition coefficient (Wildman–Crippen LogP) is 4.62. The Hall–Kier alpha value is -0.647. The van der Waals surface area contributed by atoms with Crippen molar-refractivity contribution >= 4 is 12.4 Å². The van der Waals surface area contributed by atoms with Crippen LogP contribution in [0.2, 0.25) is 0 Å². The number of halogens is 1. The van der Waals surface area contributed by atoms with Crippen molar-refractivity contribution in [2.75, 3.05) is 0 Å². The van der Waals surface area contributed by atoms with Gasteiger partial charge in [0.1, 0.15) is 0 Å². The van der Waals surface area contributed by atoms with Crippen LogP contribution in [0, 0.1) is 0 Å². The van der Waals surface area contributed by atoms with Crippen LogP contribution < -0.4 is 0 Å². The van der Waals surface area contributed by atoms with Gasteiger partial charge in [0.2, 0.25) is 0 Å². The zero-order valence-electron chi connectivity index (χ0n) is 10.7. The van der Waals surface area contributed by atoms with Crippen LogP contribution in [0.1, 0.15) is 18.4 Å². The second-order valence-corrected chi connectivity index (χ2v) is 6.61. The zero-order chi connectivity index (χ0) is 12.4. The number of hydrogen-bond donors (Lipinski definition) is 0. The molecular weight excluding hydrogens is 331 g/mol. The van der Waals surface area contributed by atoms with Crippen molar-refractivity contribution in [1.29, 1.82) is 0 Å². The standard InChI is InChI=1S/C17H15.ClH.Zr/c1-2-8-14(9-3-1)17(15-10-4-5-11-15)16-12-6-7-13-16;;/h1-10,12H,11,13H2;1H;. The van der Waals surface area contributed by atoms with E-state index in [0.29, 0.717) is 0 Å². The molecule has 1 aromatic rings. The van der Waals surface area contributed by atoms with Crippen molar-refractivity contribution in [3.8, 4) is 0 Å². The number of rotatable bonds is 3. The molecule has 0 atom stereocenters. The van der Waals surface area contributed by atoms with Gasteiger partial charge in [0, 0.05) is 0 Å². The van der Waals surface area contributed by atoms with Crippen LogP contribution in [-0.4, -0.2) is 0 Å². The third-order valence-electron chi connectivity index (χ3n) is 3.71. The van der Waals surface area contributed by atoms with Gasteiger partial charge >= 0.3 is 124 Å². The summed E-state index contributed by atoms with van der Waals surface area (Å²) in [6.07, 6.45) is 15.7. The van der Waals surface area contributed by atoms with Gasteiger partial charge in [-0.15, -0.1) is 12.4 Å². The van der Waals surface area contributed by atoms with Gasteiger partial charge < -0.3 is 0 Å². The van der Waals surface area contributed by atoms with E-state index < -0.39 is 0 Å². The van der Waals surface area contributed by atoms with Gasteiger partial charge in [-0.1, -0.05) is 0 Å². The first kappa shape index (κ1) is 14.8. The van der Waals surface area contributed by atoms with Crippen LogP contribution >= 0.6 is 12.4 Å². The maximum absolute atomic E-state index is 2.31. The molecule has 95 valence electrons. The summed E-state index contributed by atoms with van der Waals surface area (Å²) < 4.78 is 0.140. The van der Waals surface area contributed by atoms with Gasteiger partial charge in [0.25, 0.3) is 0 Å². The van der Waals surface area contributed by atoms with Crippen molar-refractivity contribution in [3.05, 3.63) is 83.5 Å². The van der Waals surface area contributed by atoms with Crippen LogP contribution in [0.3, 0.4) is 0 Å². The quantitative estimate of drug-likeness (QED) is 0.749. The van der Waals surface area contributed by atoms with Gasteiger partial charge in [0.05, 0.1) is 0 Å². The molecule has 2 aliphatic carbocycles. The van der Waals surface area contributed by atoms with E-state index in [2.05, 4.69) is 66.8 Å². The van der Waals surface area contributed by atoms with Crippen molar-refractivity contribution in [2.45, 2.75) is 16.0 Å². The average Bonchev–Trinajstić information content (AvgIpc) is 3.12. The molecule has 0 saturated carbocycles. The fourth-order valence-electron chi connectivity index (χ4n) is 2.72. The van der Waals surface area contributed by atoms with Gasteiger partial charge in [-0.05, 0) is 0 Å². The summed E-state index contributed by atoms with van der Waals surface area (Å²) >= 11 is 1.56. The molecule has 2 aliphatic rings. The molecule has 0 nitrogen and oxygen atoms in total. The minimum absolute atomic E-state index is 0. The number of hydrogen-bond acceptors (Lipinski definition) is 0. The Morgan fingerprint density at radius 2 is 1.37 bits per heavy atom. The maximum atomic E-state index is 2.31. The summed E-state index contributed by atoms with van der Waals surface area (Å²) in [5.41, 5.74) is 4.52. The van der Waals surface area contributed by atoms with Gasteiger partial charge in [-0.25, -0.2) is 0 Å². The molecule has 0 unspecified atom stereocenters. The minimum atomic E-state index is 0. The first-order valence-corrected chi connectivity index (χ1v) is 7.57. The summed E-state index contributed by atoms with van der Waals surface area (Å²) in [6.45, 7) is 0. The van der Waals surface area contributed by atoms with Crippen LogP contribution in [0.25, 0.3) is 0 Å². The molecule has 0 radical (unpaired) electrons. The van der Waals surface area contributed by atoms with E-state index in [1.54, 1.807) is 35.9 Å². The Morgan fingerprint density at radius 1 is 0.842 bits per heavy atom. The first-order valence-electron chi connectivity index (χ1n) is 6.34. The third-order valence-corrected chi connectivity index (χ3v) is 6.00. The fourth-order valence-corrected chi connectivity index (χ4v) is 4.04. The van der Waals surface area contributed by atoms with Crippen molar-refractivity contribution < 1.29 is 24.7 Å². The molecule has 0 fully saturated rings. The molecule has 0 amide bonds. The van der Waals surface area contributed by atoms with Crippen molar-refractivity contribution in [3.63, 3.8) is 0 Å². The van der Waals surface area contributed by atoms with E-state index in [4.69, 9.17) is 0 Å². The first-order chi connectivity index (χ1) is 8.82. The van der Waals surface area contributed by atoms with E-state index in [-0.39, 0.29) is 15.5 Å². The molecule has 0 saturated heterocycles. The summed E-state index contributed by atoms with van der Waals surface area (Å²) in [7, 11) is 0. The fraction of sp³-hybridized carbons (Fsp3) is 0.176. The summed E-state index contributed by atoms with van der Waals surface area (Å²) in [5, 5.41) is 0. The van der Waals surface area contributed by atoms with Crippen LogP contribution in [0.15, 0.2) is 77.9 Å². The molecule has 2 heteroatoms. The Bertz CT molecular complexity index is 534. The predicted molar refractivity (Wildman–Crippen MR) is 79.0 cm³/mol.